The number of nitrogens with one attached hydrogen (secondary N) is 1. The second-order valence-electron chi connectivity index (χ2n) is 3.43. The van der Waals surface area contributed by atoms with E-state index in [4.69, 9.17) is 5.73 Å². The van der Waals surface area contributed by atoms with E-state index >= 15 is 0 Å². The second kappa shape index (κ2) is 4.42. The maximum Gasteiger partial charge on any atom is 0.463 e. The highest BCUT2D eigenvalue weighted by Crippen LogP contribution is 2.35. The number of anilines is 1. The molecule has 1 amide bonds. The molecule has 1 rings (SSSR count). The van der Waals surface area contributed by atoms with Crippen molar-refractivity contribution in [2.24, 2.45) is 7.05 Å². The van der Waals surface area contributed by atoms with Crippen LogP contribution in [0.5, 0.6) is 0 Å². The van der Waals surface area contributed by atoms with Crippen molar-refractivity contribution in [3.05, 3.63) is 11.8 Å². The second-order valence-corrected chi connectivity index (χ2v) is 3.43. The lowest BCUT2D eigenvalue weighted by Crippen LogP contribution is -2.50. The summed E-state index contributed by atoms with van der Waals surface area (Å²) in [5, 5.41) is 5.09. The van der Waals surface area contributed by atoms with Gasteiger partial charge < -0.3 is 11.1 Å². The lowest BCUT2D eigenvalue weighted by atomic mass is 10.2. The molecule has 1 aromatic heterocycles. The molecule has 0 fully saturated rings. The summed E-state index contributed by atoms with van der Waals surface area (Å²) >= 11 is 0. The van der Waals surface area contributed by atoms with Gasteiger partial charge in [0.05, 0.1) is 6.20 Å². The van der Waals surface area contributed by atoms with Gasteiger partial charge in [-0.05, 0) is 0 Å². The van der Waals surface area contributed by atoms with Crippen LogP contribution in [0.1, 0.15) is 5.56 Å². The van der Waals surface area contributed by atoms with Gasteiger partial charge in [0.25, 0.3) is 0 Å². The molecular formula is C8H9F5N4O. The van der Waals surface area contributed by atoms with E-state index in [9.17, 15) is 26.7 Å². The number of carbonyl (C=O) groups excluding carboxylic acids is 1. The Kier molecular flexibility index (Phi) is 3.49. The number of carbonyl (C=O) groups is 1. The van der Waals surface area contributed by atoms with Crippen LogP contribution in [0.3, 0.4) is 0 Å². The van der Waals surface area contributed by atoms with Crippen molar-refractivity contribution >= 4 is 11.7 Å². The molecular weight excluding hydrogens is 263 g/mol. The van der Waals surface area contributed by atoms with Crippen LogP contribution >= 0.6 is 0 Å². The Balaban J connectivity index is 2.70. The number of aromatic nitrogens is 2. The molecule has 5 nitrogen and oxygen atoms in total. The summed E-state index contributed by atoms with van der Waals surface area (Å²) < 4.78 is 61.8. The van der Waals surface area contributed by atoms with Crippen molar-refractivity contribution in [1.29, 1.82) is 0 Å². The Bertz CT molecular complexity index is 453. The van der Waals surface area contributed by atoms with Crippen LogP contribution in [0, 0.1) is 0 Å². The molecule has 1 heterocycles. The summed E-state index contributed by atoms with van der Waals surface area (Å²) in [6, 6.07) is 0. The molecule has 102 valence electrons. The van der Waals surface area contributed by atoms with E-state index in [1.807, 2.05) is 0 Å². The molecule has 0 spiro atoms. The van der Waals surface area contributed by atoms with E-state index in [2.05, 4.69) is 5.10 Å². The summed E-state index contributed by atoms with van der Waals surface area (Å²) in [6.45, 7) is -0.565. The molecule has 0 aromatic carbocycles. The number of aryl methyl sites for hydroxylation is 1. The van der Waals surface area contributed by atoms with Crippen LogP contribution in [0.2, 0.25) is 0 Å². The average molecular weight is 272 g/mol. The van der Waals surface area contributed by atoms with Crippen molar-refractivity contribution in [3.63, 3.8) is 0 Å². The van der Waals surface area contributed by atoms with E-state index in [0.717, 1.165) is 6.20 Å². The number of halogens is 5. The third-order valence-electron chi connectivity index (χ3n) is 2.15. The van der Waals surface area contributed by atoms with E-state index < -0.39 is 24.6 Å². The molecule has 0 aliphatic carbocycles. The number of hydrogen-bond donors (Lipinski definition) is 2. The normalized spacial score (nSPS) is 12.6. The molecule has 0 atom stereocenters. The Labute approximate surface area is 97.7 Å². The van der Waals surface area contributed by atoms with Crippen LogP contribution in [-0.2, 0) is 18.4 Å². The fraction of sp³-hybridized carbons (Fsp3) is 0.500. The number of nitrogens with zero attached hydrogens (tertiary/aromatic N) is 2. The molecule has 18 heavy (non-hydrogen) atoms. The summed E-state index contributed by atoms with van der Waals surface area (Å²) in [5.74, 6) is -7.81. The zero-order chi connectivity index (χ0) is 14.1. The van der Waals surface area contributed by atoms with Gasteiger partial charge in [-0.3, -0.25) is 9.48 Å². The lowest BCUT2D eigenvalue weighted by Gasteiger charge is -2.18. The lowest BCUT2D eigenvalue weighted by molar-refractivity contribution is -0.269. The minimum absolute atomic E-state index is 0.0608. The minimum atomic E-state index is -5.93. The highest BCUT2D eigenvalue weighted by atomic mass is 19.4. The first-order valence-electron chi connectivity index (χ1n) is 4.56. The number of hydrogen-bond acceptors (Lipinski definition) is 3. The number of rotatable bonds is 3. The van der Waals surface area contributed by atoms with Gasteiger partial charge in [0.2, 0.25) is 0 Å². The number of nitrogens with two attached hydrogens (primary N) is 1. The first-order valence-corrected chi connectivity index (χ1v) is 4.56. The summed E-state index contributed by atoms with van der Waals surface area (Å²) in [7, 11) is 1.45. The van der Waals surface area contributed by atoms with Crippen molar-refractivity contribution in [2.45, 2.75) is 18.6 Å². The largest absolute Gasteiger partial charge is 0.463 e. The van der Waals surface area contributed by atoms with Crippen molar-refractivity contribution in [3.8, 4) is 0 Å². The predicted octanol–water partition coefficient (Wildman–Crippen LogP) is 0.816. The van der Waals surface area contributed by atoms with Crippen molar-refractivity contribution < 1.29 is 26.7 Å². The van der Waals surface area contributed by atoms with Crippen LogP contribution in [0.15, 0.2) is 6.20 Å². The first kappa shape index (κ1) is 14.2. The molecule has 1 aromatic rings. The van der Waals surface area contributed by atoms with Gasteiger partial charge in [-0.2, -0.15) is 27.1 Å². The van der Waals surface area contributed by atoms with E-state index in [1.165, 1.54) is 17.0 Å². The van der Waals surface area contributed by atoms with Crippen molar-refractivity contribution in [2.75, 3.05) is 5.73 Å². The maximum absolute atomic E-state index is 12.5. The smallest absolute Gasteiger partial charge is 0.384 e. The molecule has 0 aliphatic rings. The molecule has 0 radical (unpaired) electrons. The Hall–Kier alpha value is -1.87. The SMILES string of the molecule is Cn1ncc(CNC(=O)C(F)(F)C(F)(F)F)c1N. The number of alkyl halides is 5. The van der Waals surface area contributed by atoms with Gasteiger partial charge in [0.15, 0.2) is 0 Å². The van der Waals surface area contributed by atoms with E-state index in [-0.39, 0.29) is 11.4 Å². The monoisotopic (exact) mass is 272 g/mol. The number of amides is 1. The van der Waals surface area contributed by atoms with Gasteiger partial charge in [0.1, 0.15) is 5.82 Å². The molecule has 0 unspecified atom stereocenters. The van der Waals surface area contributed by atoms with Crippen LogP contribution < -0.4 is 11.1 Å². The molecule has 0 bridgehead atoms. The quantitative estimate of drug-likeness (QED) is 0.800. The van der Waals surface area contributed by atoms with Gasteiger partial charge in [-0.25, -0.2) is 0 Å². The predicted molar refractivity (Wildman–Crippen MR) is 50.5 cm³/mol. The molecule has 0 saturated carbocycles. The third-order valence-corrected chi connectivity index (χ3v) is 2.15. The van der Waals surface area contributed by atoms with Crippen LogP contribution in [0.25, 0.3) is 0 Å². The van der Waals surface area contributed by atoms with E-state index in [1.54, 1.807) is 0 Å². The van der Waals surface area contributed by atoms with Gasteiger partial charge >= 0.3 is 18.0 Å². The average Bonchev–Trinajstić information content (AvgIpc) is 2.55. The Morgan fingerprint density at radius 3 is 2.39 bits per heavy atom. The Morgan fingerprint density at radius 1 is 1.44 bits per heavy atom. The first-order chi connectivity index (χ1) is 8.07. The van der Waals surface area contributed by atoms with Crippen LogP contribution in [-0.4, -0.2) is 27.8 Å². The summed E-state index contributed by atoms with van der Waals surface area (Å²) in [4.78, 5) is 10.8. The fourth-order valence-electron chi connectivity index (χ4n) is 1.04. The summed E-state index contributed by atoms with van der Waals surface area (Å²) in [5.41, 5.74) is 5.57. The zero-order valence-corrected chi connectivity index (χ0v) is 9.05. The van der Waals surface area contributed by atoms with E-state index in [0.29, 0.717) is 0 Å². The molecule has 3 N–H and O–H groups in total. The summed E-state index contributed by atoms with van der Waals surface area (Å²) in [6.07, 6.45) is -4.78. The highest BCUT2D eigenvalue weighted by Gasteiger charge is 2.63. The fourth-order valence-corrected chi connectivity index (χ4v) is 1.04. The maximum atomic E-state index is 12.5. The molecule has 0 saturated heterocycles. The van der Waals surface area contributed by atoms with Gasteiger partial charge in [-0.1, -0.05) is 0 Å². The number of nitrogen functional groups attached to an aromatic ring is 1. The molecule has 10 heteroatoms. The van der Waals surface area contributed by atoms with Crippen LogP contribution in [0.4, 0.5) is 27.8 Å². The third kappa shape index (κ3) is 2.51. The standard InChI is InChI=1S/C8H9F5N4O/c1-17-5(14)4(3-16-17)2-15-6(18)7(9,10)8(11,12)13/h3H,2,14H2,1H3,(H,15,18). The zero-order valence-electron chi connectivity index (χ0n) is 9.05. The van der Waals surface area contributed by atoms with Crippen molar-refractivity contribution in [1.82, 2.24) is 15.1 Å². The highest BCUT2D eigenvalue weighted by molar-refractivity contribution is 5.84. The van der Waals surface area contributed by atoms with Gasteiger partial charge in [0, 0.05) is 19.2 Å². The Morgan fingerprint density at radius 2 is 2.00 bits per heavy atom. The van der Waals surface area contributed by atoms with Gasteiger partial charge in [-0.15, -0.1) is 0 Å². The molecule has 0 aliphatic heterocycles. The topological polar surface area (TPSA) is 72.9 Å². The minimum Gasteiger partial charge on any atom is -0.384 e.